The molecular weight excluding hydrogens is 214 g/mol. The van der Waals surface area contributed by atoms with E-state index in [1.807, 2.05) is 6.92 Å². The molecule has 0 bridgehead atoms. The lowest BCUT2D eigenvalue weighted by molar-refractivity contribution is 0.0395. The molecule has 2 rings (SSSR count). The summed E-state index contributed by atoms with van der Waals surface area (Å²) in [6.07, 6.45) is 7.75. The zero-order valence-electron chi connectivity index (χ0n) is 11.1. The van der Waals surface area contributed by atoms with Crippen molar-refractivity contribution in [2.75, 3.05) is 26.2 Å². The van der Waals surface area contributed by atoms with E-state index in [1.165, 1.54) is 25.7 Å². The maximum absolute atomic E-state index is 10.1. The quantitative estimate of drug-likeness (QED) is 0.791. The summed E-state index contributed by atoms with van der Waals surface area (Å²) >= 11 is 0. The van der Waals surface area contributed by atoms with E-state index in [1.54, 1.807) is 0 Å². The molecule has 0 aromatic carbocycles. The fraction of sp³-hybridized carbons (Fsp3) is 1.00. The van der Waals surface area contributed by atoms with Crippen molar-refractivity contribution < 1.29 is 10.2 Å². The van der Waals surface area contributed by atoms with Gasteiger partial charge in [0, 0.05) is 25.1 Å². The van der Waals surface area contributed by atoms with Crippen LogP contribution in [0, 0.1) is 5.41 Å². The van der Waals surface area contributed by atoms with Gasteiger partial charge >= 0.3 is 0 Å². The molecule has 1 saturated carbocycles. The smallest absolute Gasteiger partial charge is 0.0632 e. The van der Waals surface area contributed by atoms with Crippen molar-refractivity contribution in [2.45, 2.75) is 57.5 Å². The van der Waals surface area contributed by atoms with Crippen molar-refractivity contribution >= 4 is 0 Å². The minimum atomic E-state index is -0.475. The Hall–Kier alpha value is -0.120. The molecule has 1 unspecified atom stereocenters. The summed E-state index contributed by atoms with van der Waals surface area (Å²) in [6.45, 7) is 5.38. The normalized spacial score (nSPS) is 34.8. The van der Waals surface area contributed by atoms with Crippen molar-refractivity contribution in [1.82, 2.24) is 4.90 Å². The first-order chi connectivity index (χ1) is 8.05. The molecule has 3 nitrogen and oxygen atoms in total. The number of nitrogens with zero attached hydrogens (tertiary/aromatic N) is 1. The Kier molecular flexibility index (Phi) is 4.11. The highest BCUT2D eigenvalue weighted by Crippen LogP contribution is 2.38. The average Bonchev–Trinajstić information content (AvgIpc) is 2.68. The van der Waals surface area contributed by atoms with Crippen molar-refractivity contribution in [3.05, 3.63) is 0 Å². The lowest BCUT2D eigenvalue weighted by Crippen LogP contribution is -2.39. The van der Waals surface area contributed by atoms with Crippen molar-refractivity contribution in [3.63, 3.8) is 0 Å². The molecule has 1 atom stereocenters. The summed E-state index contributed by atoms with van der Waals surface area (Å²) in [5, 5.41) is 19.7. The minimum Gasteiger partial charge on any atom is -0.396 e. The molecule has 0 aromatic rings. The zero-order valence-corrected chi connectivity index (χ0v) is 11.1. The maximum atomic E-state index is 10.1. The molecule has 2 N–H and O–H groups in total. The van der Waals surface area contributed by atoms with Crippen molar-refractivity contribution in [1.29, 1.82) is 0 Å². The summed E-state index contributed by atoms with van der Waals surface area (Å²) in [5.41, 5.74) is -0.312. The van der Waals surface area contributed by atoms with Crippen LogP contribution in [0.1, 0.15) is 51.9 Å². The van der Waals surface area contributed by atoms with Crippen LogP contribution in [0.2, 0.25) is 0 Å². The molecule has 0 spiro atoms. The van der Waals surface area contributed by atoms with Gasteiger partial charge in [-0.05, 0) is 45.6 Å². The number of likely N-dealkylation sites (tertiary alicyclic amines) is 1. The number of rotatable bonds is 3. The number of aliphatic hydroxyl groups excluding tert-OH is 1. The third kappa shape index (κ3) is 3.43. The molecule has 100 valence electrons. The first-order valence-corrected chi connectivity index (χ1v) is 7.11. The van der Waals surface area contributed by atoms with Crippen LogP contribution in [-0.4, -0.2) is 47.0 Å². The van der Waals surface area contributed by atoms with Crippen LogP contribution in [0.3, 0.4) is 0 Å². The van der Waals surface area contributed by atoms with Crippen LogP contribution < -0.4 is 0 Å². The molecule has 1 saturated heterocycles. The van der Waals surface area contributed by atoms with E-state index in [9.17, 15) is 10.2 Å². The second kappa shape index (κ2) is 5.25. The number of aliphatic hydroxyl groups is 2. The van der Waals surface area contributed by atoms with Crippen molar-refractivity contribution in [2.24, 2.45) is 5.41 Å². The van der Waals surface area contributed by atoms with E-state index >= 15 is 0 Å². The maximum Gasteiger partial charge on any atom is 0.0632 e. The number of hydrogen-bond acceptors (Lipinski definition) is 3. The van der Waals surface area contributed by atoms with Gasteiger partial charge in [-0.1, -0.05) is 12.8 Å². The second-order valence-electron chi connectivity index (χ2n) is 6.49. The molecule has 0 amide bonds. The summed E-state index contributed by atoms with van der Waals surface area (Å²) in [5.74, 6) is 0. The molecule has 1 heterocycles. The largest absolute Gasteiger partial charge is 0.396 e. The highest BCUT2D eigenvalue weighted by atomic mass is 16.3. The van der Waals surface area contributed by atoms with Crippen LogP contribution >= 0.6 is 0 Å². The van der Waals surface area contributed by atoms with Crippen LogP contribution in [0.4, 0.5) is 0 Å². The highest BCUT2D eigenvalue weighted by molar-refractivity contribution is 4.89. The number of hydrogen-bond donors (Lipinski definition) is 2. The topological polar surface area (TPSA) is 43.7 Å². The van der Waals surface area contributed by atoms with E-state index in [4.69, 9.17) is 0 Å². The molecule has 0 radical (unpaired) electrons. The zero-order chi connectivity index (χ0) is 12.4. The van der Waals surface area contributed by atoms with Gasteiger partial charge in [0.2, 0.25) is 0 Å². The highest BCUT2D eigenvalue weighted by Gasteiger charge is 2.36. The first-order valence-electron chi connectivity index (χ1n) is 7.11. The van der Waals surface area contributed by atoms with Crippen LogP contribution in [-0.2, 0) is 0 Å². The summed E-state index contributed by atoms with van der Waals surface area (Å²) < 4.78 is 0. The van der Waals surface area contributed by atoms with E-state index in [2.05, 4.69) is 4.90 Å². The molecule has 17 heavy (non-hydrogen) atoms. The molecule has 1 aliphatic heterocycles. The van der Waals surface area contributed by atoms with Crippen LogP contribution in [0.15, 0.2) is 0 Å². The lowest BCUT2D eigenvalue weighted by Gasteiger charge is -2.33. The molecule has 1 aliphatic carbocycles. The molecule has 3 heteroatoms. The summed E-state index contributed by atoms with van der Waals surface area (Å²) in [6, 6.07) is 0. The molecule has 0 aromatic heterocycles. The van der Waals surface area contributed by atoms with Gasteiger partial charge in [-0.3, -0.25) is 0 Å². The Labute approximate surface area is 105 Å². The van der Waals surface area contributed by atoms with Crippen molar-refractivity contribution in [3.8, 4) is 0 Å². The summed E-state index contributed by atoms with van der Waals surface area (Å²) in [4.78, 5) is 2.46. The monoisotopic (exact) mass is 241 g/mol. The molecular formula is C14H27NO2. The predicted molar refractivity (Wildman–Crippen MR) is 68.9 cm³/mol. The minimum absolute atomic E-state index is 0.163. The van der Waals surface area contributed by atoms with Gasteiger partial charge in [-0.15, -0.1) is 0 Å². The molecule has 2 aliphatic rings. The van der Waals surface area contributed by atoms with Gasteiger partial charge in [0.1, 0.15) is 0 Å². The van der Waals surface area contributed by atoms with Crippen LogP contribution in [0.5, 0.6) is 0 Å². The average molecular weight is 241 g/mol. The predicted octanol–water partition coefficient (Wildman–Crippen LogP) is 1.78. The Morgan fingerprint density at radius 2 is 1.71 bits per heavy atom. The first kappa shape index (κ1) is 13.3. The Morgan fingerprint density at radius 3 is 2.35 bits per heavy atom. The summed E-state index contributed by atoms with van der Waals surface area (Å²) in [7, 11) is 0. The van der Waals surface area contributed by atoms with Gasteiger partial charge in [0.25, 0.3) is 0 Å². The lowest BCUT2D eigenvalue weighted by atomic mass is 9.86. The van der Waals surface area contributed by atoms with Gasteiger partial charge in [-0.2, -0.15) is 0 Å². The van der Waals surface area contributed by atoms with Gasteiger partial charge in [0.15, 0.2) is 0 Å². The molecule has 2 fully saturated rings. The third-order valence-electron chi connectivity index (χ3n) is 4.71. The van der Waals surface area contributed by atoms with E-state index in [-0.39, 0.29) is 5.41 Å². The van der Waals surface area contributed by atoms with Gasteiger partial charge < -0.3 is 15.1 Å². The second-order valence-corrected chi connectivity index (χ2v) is 6.49. The van der Waals surface area contributed by atoms with Crippen LogP contribution in [0.25, 0.3) is 0 Å². The van der Waals surface area contributed by atoms with Gasteiger partial charge in [0.05, 0.1) is 5.60 Å². The SMILES string of the molecule is CC1(O)CCCN(CC2(CO)CCCC2)CC1. The van der Waals surface area contributed by atoms with E-state index < -0.39 is 5.60 Å². The van der Waals surface area contributed by atoms with Gasteiger partial charge in [-0.25, -0.2) is 0 Å². The van der Waals surface area contributed by atoms with E-state index in [0.29, 0.717) is 6.61 Å². The fourth-order valence-corrected chi connectivity index (χ4v) is 3.44. The Morgan fingerprint density at radius 1 is 1.00 bits per heavy atom. The Bertz CT molecular complexity index is 247. The third-order valence-corrected chi connectivity index (χ3v) is 4.71. The van der Waals surface area contributed by atoms with E-state index in [0.717, 1.165) is 38.9 Å². The standard InChI is InChI=1S/C14H27NO2/c1-13(17)5-4-9-15(10-8-13)11-14(12-16)6-2-3-7-14/h16-17H,2-12H2,1H3. The Balaban J connectivity index is 1.90. The fourth-order valence-electron chi connectivity index (χ4n) is 3.44.